The number of aromatic nitrogens is 6. The van der Waals surface area contributed by atoms with Crippen LogP contribution in [-0.2, 0) is 4.79 Å². The Hall–Kier alpha value is -5.01. The standard InChI is InChI=1S/C30H29ClN10O3/c1-38(2)8-3-4-27(42)40-11-10-39-15-20(40)16-43-25-14-23-28(37-30(25)39)29(34-17-32-23)36-19-5-6-24(22(31)12-19)44-21-7-9-41-26(13-21)33-18-35-41/h3-7,9,12-14,17-18,20H,8,10-11,15-16H2,1-2H3,(H,32,34,36)/b4-3+. The molecule has 7 rings (SSSR count). The summed E-state index contributed by atoms with van der Waals surface area (Å²) in [5.41, 5.74) is 2.60. The van der Waals surface area contributed by atoms with Gasteiger partial charge in [0.05, 0.1) is 16.6 Å². The Morgan fingerprint density at radius 2 is 2.07 bits per heavy atom. The highest BCUT2D eigenvalue weighted by atomic mass is 35.5. The fraction of sp³-hybridized carbons (Fsp3) is 0.267. The van der Waals surface area contributed by atoms with E-state index in [9.17, 15) is 4.79 Å². The van der Waals surface area contributed by atoms with Crippen LogP contribution in [0.25, 0.3) is 16.7 Å². The highest BCUT2D eigenvalue weighted by molar-refractivity contribution is 6.32. The zero-order valence-electron chi connectivity index (χ0n) is 24.1. The average Bonchev–Trinajstić information content (AvgIpc) is 3.44. The highest BCUT2D eigenvalue weighted by Crippen LogP contribution is 2.37. The number of hydrogen-bond acceptors (Lipinski definition) is 11. The molecule has 4 aromatic heterocycles. The molecule has 2 bridgehead atoms. The van der Waals surface area contributed by atoms with E-state index >= 15 is 0 Å². The fourth-order valence-corrected chi connectivity index (χ4v) is 5.51. The summed E-state index contributed by atoms with van der Waals surface area (Å²) in [6, 6.07) is 10.8. The van der Waals surface area contributed by atoms with Crippen LogP contribution in [0.4, 0.5) is 17.3 Å². The number of benzene rings is 1. The molecule has 13 nitrogen and oxygen atoms in total. The van der Waals surface area contributed by atoms with E-state index in [0.29, 0.717) is 89.1 Å². The van der Waals surface area contributed by atoms with Crippen LogP contribution < -0.4 is 19.7 Å². The van der Waals surface area contributed by atoms with Crippen LogP contribution in [-0.4, -0.2) is 98.2 Å². The summed E-state index contributed by atoms with van der Waals surface area (Å²) in [5.74, 6) is 2.95. The number of piperazine rings is 1. The predicted molar refractivity (Wildman–Crippen MR) is 166 cm³/mol. The average molecular weight is 613 g/mol. The maximum absolute atomic E-state index is 12.9. The number of carbonyl (C=O) groups is 1. The van der Waals surface area contributed by atoms with Gasteiger partial charge in [-0.3, -0.25) is 4.79 Å². The van der Waals surface area contributed by atoms with Crippen molar-refractivity contribution in [3.63, 3.8) is 0 Å². The van der Waals surface area contributed by atoms with Gasteiger partial charge in [-0.15, -0.1) is 0 Å². The number of fused-ring (bicyclic) bond motifs is 6. The van der Waals surface area contributed by atoms with Crippen molar-refractivity contribution in [3.8, 4) is 17.2 Å². The van der Waals surface area contributed by atoms with Gasteiger partial charge in [0, 0.05) is 56.3 Å². The molecule has 1 saturated heterocycles. The molecule has 0 saturated carbocycles. The number of ether oxygens (including phenoxy) is 2. The summed E-state index contributed by atoms with van der Waals surface area (Å²) in [5, 5.41) is 7.84. The summed E-state index contributed by atoms with van der Waals surface area (Å²) in [6.07, 6.45) is 8.26. The van der Waals surface area contributed by atoms with Crippen LogP contribution in [0.3, 0.4) is 0 Å². The predicted octanol–water partition coefficient (Wildman–Crippen LogP) is 3.78. The first-order chi connectivity index (χ1) is 21.4. The second-order valence-electron chi connectivity index (χ2n) is 10.8. The number of carbonyl (C=O) groups excluding carboxylic acids is 1. The van der Waals surface area contributed by atoms with Crippen molar-refractivity contribution in [3.05, 3.63) is 72.4 Å². The zero-order valence-corrected chi connectivity index (χ0v) is 24.8. The van der Waals surface area contributed by atoms with Crippen molar-refractivity contribution >= 4 is 51.5 Å². The minimum atomic E-state index is -0.0950. The number of hydrogen-bond donors (Lipinski definition) is 1. The molecule has 5 aromatic rings. The number of nitrogens with zero attached hydrogens (tertiary/aromatic N) is 9. The van der Waals surface area contributed by atoms with Crippen LogP contribution >= 0.6 is 11.6 Å². The quantitative estimate of drug-likeness (QED) is 0.270. The molecule has 2 aliphatic rings. The Bertz CT molecular complexity index is 1890. The first kappa shape index (κ1) is 27.8. The number of pyridine rings is 2. The number of anilines is 3. The Morgan fingerprint density at radius 1 is 1.16 bits per heavy atom. The van der Waals surface area contributed by atoms with E-state index in [0.717, 1.165) is 0 Å². The van der Waals surface area contributed by atoms with E-state index in [4.69, 9.17) is 26.1 Å². The first-order valence-corrected chi connectivity index (χ1v) is 14.5. The lowest BCUT2D eigenvalue weighted by molar-refractivity contribution is -0.129. The summed E-state index contributed by atoms with van der Waals surface area (Å²) >= 11 is 6.60. The van der Waals surface area contributed by atoms with Crippen LogP contribution in [0.1, 0.15) is 0 Å². The third-order valence-corrected chi connectivity index (χ3v) is 7.75. The summed E-state index contributed by atoms with van der Waals surface area (Å²) in [7, 11) is 3.94. The molecular weight excluding hydrogens is 584 g/mol. The maximum atomic E-state index is 12.9. The third-order valence-electron chi connectivity index (χ3n) is 7.46. The molecule has 14 heteroatoms. The Kier molecular flexibility index (Phi) is 7.32. The van der Waals surface area contributed by atoms with Gasteiger partial charge in [0.25, 0.3) is 0 Å². The molecule has 1 unspecified atom stereocenters. The lowest BCUT2D eigenvalue weighted by atomic mass is 10.1. The minimum absolute atomic E-state index is 0.00648. The summed E-state index contributed by atoms with van der Waals surface area (Å²) < 4.78 is 13.8. The normalized spacial score (nSPS) is 16.3. The lowest BCUT2D eigenvalue weighted by Gasteiger charge is -2.39. The smallest absolute Gasteiger partial charge is 0.246 e. The number of nitrogens with one attached hydrogen (secondary N) is 1. The molecule has 1 N–H and O–H groups in total. The molecule has 224 valence electrons. The summed E-state index contributed by atoms with van der Waals surface area (Å²) in [6.45, 7) is 2.92. The van der Waals surface area contributed by atoms with E-state index in [1.54, 1.807) is 41.1 Å². The maximum Gasteiger partial charge on any atom is 0.246 e. The largest absolute Gasteiger partial charge is 0.487 e. The molecule has 0 radical (unpaired) electrons. The molecular formula is C30H29ClN10O3. The van der Waals surface area contributed by atoms with Gasteiger partial charge in [-0.05, 0) is 38.4 Å². The van der Waals surface area contributed by atoms with Gasteiger partial charge in [0.2, 0.25) is 5.91 Å². The van der Waals surface area contributed by atoms with E-state index in [1.165, 1.54) is 12.7 Å². The van der Waals surface area contributed by atoms with Crippen molar-refractivity contribution in [2.75, 3.05) is 57.1 Å². The van der Waals surface area contributed by atoms with Crippen molar-refractivity contribution in [1.29, 1.82) is 0 Å². The second kappa shape index (κ2) is 11.6. The first-order valence-electron chi connectivity index (χ1n) is 14.1. The SMILES string of the molecule is CN(C)C/C=C/C(=O)N1CCN2CC1COc1cc3ncnc(Nc4ccc(Oc5ccn6ncnc6c5)c(Cl)c4)c3nc12. The van der Waals surface area contributed by atoms with Crippen LogP contribution in [0, 0.1) is 0 Å². The zero-order chi connectivity index (χ0) is 30.2. The fourth-order valence-electron chi connectivity index (χ4n) is 5.29. The lowest BCUT2D eigenvalue weighted by Crippen LogP contribution is -2.56. The monoisotopic (exact) mass is 612 g/mol. The minimum Gasteiger partial charge on any atom is -0.487 e. The number of halogens is 1. The Morgan fingerprint density at radius 3 is 2.93 bits per heavy atom. The summed E-state index contributed by atoms with van der Waals surface area (Å²) in [4.78, 5) is 37.1. The number of rotatable bonds is 7. The van der Waals surface area contributed by atoms with Gasteiger partial charge in [0.15, 0.2) is 23.0 Å². The van der Waals surface area contributed by atoms with E-state index in [1.807, 2.05) is 42.1 Å². The van der Waals surface area contributed by atoms with Crippen LogP contribution in [0.5, 0.6) is 17.2 Å². The van der Waals surface area contributed by atoms with E-state index in [2.05, 4.69) is 30.3 Å². The Labute approximate surface area is 257 Å². The molecule has 0 aliphatic carbocycles. The molecule has 1 aromatic carbocycles. The van der Waals surface area contributed by atoms with Crippen molar-refractivity contribution in [2.24, 2.45) is 0 Å². The van der Waals surface area contributed by atoms with Crippen LogP contribution in [0.15, 0.2) is 67.4 Å². The molecule has 6 heterocycles. The molecule has 1 amide bonds. The molecule has 1 atom stereocenters. The van der Waals surface area contributed by atoms with Gasteiger partial charge in [-0.1, -0.05) is 17.7 Å². The van der Waals surface area contributed by atoms with E-state index < -0.39 is 0 Å². The third kappa shape index (κ3) is 5.54. The van der Waals surface area contributed by atoms with Gasteiger partial charge in [-0.25, -0.2) is 24.5 Å². The molecule has 1 fully saturated rings. The van der Waals surface area contributed by atoms with Crippen molar-refractivity contribution in [2.45, 2.75) is 6.04 Å². The van der Waals surface area contributed by atoms with Gasteiger partial charge in [0.1, 0.15) is 36.3 Å². The van der Waals surface area contributed by atoms with Crippen molar-refractivity contribution in [1.82, 2.24) is 39.3 Å². The highest BCUT2D eigenvalue weighted by Gasteiger charge is 2.35. The molecule has 44 heavy (non-hydrogen) atoms. The molecule has 2 aliphatic heterocycles. The van der Waals surface area contributed by atoms with Crippen LogP contribution in [0.2, 0.25) is 5.02 Å². The van der Waals surface area contributed by atoms with E-state index in [-0.39, 0.29) is 11.9 Å². The molecule has 0 spiro atoms. The number of amides is 1. The topological polar surface area (TPSA) is 126 Å². The number of likely N-dealkylation sites (N-methyl/N-ethyl adjacent to an activating group) is 1. The van der Waals surface area contributed by atoms with Gasteiger partial charge < -0.3 is 29.5 Å². The second-order valence-corrected chi connectivity index (χ2v) is 11.2. The van der Waals surface area contributed by atoms with Crippen molar-refractivity contribution < 1.29 is 14.3 Å². The Balaban J connectivity index is 1.10. The van der Waals surface area contributed by atoms with Gasteiger partial charge in [-0.2, -0.15) is 5.10 Å². The van der Waals surface area contributed by atoms with Gasteiger partial charge >= 0.3 is 0 Å².